The molecule has 1 aromatic carbocycles. The number of carbonyl (C=O) groups is 1. The van der Waals surface area contributed by atoms with Crippen molar-refractivity contribution in [2.45, 2.75) is 52.1 Å². The number of amides is 1. The lowest BCUT2D eigenvalue weighted by molar-refractivity contribution is 0.0152. The Morgan fingerprint density at radius 3 is 2.07 bits per heavy atom. The van der Waals surface area contributed by atoms with E-state index in [1.165, 1.54) is 18.5 Å². The Bertz CT molecular complexity index is 625. The summed E-state index contributed by atoms with van der Waals surface area (Å²) < 4.78 is 11.0. The second kappa shape index (κ2) is 8.41. The predicted molar refractivity (Wildman–Crippen MR) is 108 cm³/mol. The Morgan fingerprint density at radius 1 is 0.963 bits per heavy atom. The standard InChI is InChI=1S/C22H34N2O3/c1-22(2,3)27-21(25)24-15-11-18(12-16-24)17-9-13-23(14-10-17)19-7-5-6-8-20(19)26-4/h5-8,17-18H,9-16H2,1-4H3. The van der Waals surface area contributed by atoms with Gasteiger partial charge >= 0.3 is 6.09 Å². The quantitative estimate of drug-likeness (QED) is 0.778. The van der Waals surface area contributed by atoms with Gasteiger partial charge in [0.2, 0.25) is 0 Å². The zero-order valence-corrected chi connectivity index (χ0v) is 17.2. The van der Waals surface area contributed by atoms with Gasteiger partial charge in [-0.15, -0.1) is 0 Å². The Labute approximate surface area is 163 Å². The van der Waals surface area contributed by atoms with Gasteiger partial charge in [-0.1, -0.05) is 12.1 Å². The van der Waals surface area contributed by atoms with Crippen molar-refractivity contribution in [2.75, 3.05) is 38.2 Å². The molecule has 1 aromatic rings. The second-order valence-electron chi connectivity index (χ2n) is 8.80. The Balaban J connectivity index is 1.48. The number of carbonyl (C=O) groups excluding carboxylic acids is 1. The average Bonchev–Trinajstić information content (AvgIpc) is 2.67. The van der Waals surface area contributed by atoms with E-state index in [1.807, 2.05) is 37.8 Å². The lowest BCUT2D eigenvalue weighted by atomic mass is 9.79. The third-order valence-corrected chi connectivity index (χ3v) is 5.82. The molecular weight excluding hydrogens is 340 g/mol. The van der Waals surface area contributed by atoms with E-state index in [1.54, 1.807) is 7.11 Å². The molecule has 0 saturated carbocycles. The topological polar surface area (TPSA) is 42.0 Å². The van der Waals surface area contributed by atoms with Crippen molar-refractivity contribution < 1.29 is 14.3 Å². The summed E-state index contributed by atoms with van der Waals surface area (Å²) in [4.78, 5) is 16.6. The van der Waals surface area contributed by atoms with Crippen LogP contribution < -0.4 is 9.64 Å². The number of hydrogen-bond donors (Lipinski definition) is 0. The molecule has 0 spiro atoms. The fraction of sp³-hybridized carbons (Fsp3) is 0.682. The maximum Gasteiger partial charge on any atom is 0.410 e. The van der Waals surface area contributed by atoms with E-state index in [9.17, 15) is 4.79 Å². The number of nitrogens with zero attached hydrogens (tertiary/aromatic N) is 2. The van der Waals surface area contributed by atoms with Gasteiger partial charge in [-0.3, -0.25) is 0 Å². The Hall–Kier alpha value is -1.91. The van der Waals surface area contributed by atoms with E-state index < -0.39 is 5.60 Å². The lowest BCUT2D eigenvalue weighted by Gasteiger charge is -2.41. The minimum Gasteiger partial charge on any atom is -0.495 e. The SMILES string of the molecule is COc1ccccc1N1CCC(C2CCN(C(=O)OC(C)(C)C)CC2)CC1. The summed E-state index contributed by atoms with van der Waals surface area (Å²) in [5.74, 6) is 2.45. The average molecular weight is 375 g/mol. The molecule has 3 rings (SSSR count). The van der Waals surface area contributed by atoms with Crippen LogP contribution in [0.15, 0.2) is 24.3 Å². The summed E-state index contributed by atoms with van der Waals surface area (Å²) in [5.41, 5.74) is 0.789. The predicted octanol–water partition coefficient (Wildman–Crippen LogP) is 4.56. The van der Waals surface area contributed by atoms with Crippen LogP contribution in [0.25, 0.3) is 0 Å². The minimum atomic E-state index is -0.417. The van der Waals surface area contributed by atoms with E-state index in [0.717, 1.165) is 56.6 Å². The molecule has 0 unspecified atom stereocenters. The first-order valence-corrected chi connectivity index (χ1v) is 10.2. The van der Waals surface area contributed by atoms with Crippen molar-refractivity contribution >= 4 is 11.8 Å². The summed E-state index contributed by atoms with van der Waals surface area (Å²) in [7, 11) is 1.74. The maximum atomic E-state index is 12.2. The third-order valence-electron chi connectivity index (χ3n) is 5.82. The van der Waals surface area contributed by atoms with Crippen LogP contribution in [0.4, 0.5) is 10.5 Å². The molecule has 0 atom stereocenters. The van der Waals surface area contributed by atoms with E-state index in [2.05, 4.69) is 17.0 Å². The monoisotopic (exact) mass is 374 g/mol. The summed E-state index contributed by atoms with van der Waals surface area (Å²) >= 11 is 0. The number of hydrogen-bond acceptors (Lipinski definition) is 4. The van der Waals surface area contributed by atoms with Crippen LogP contribution in [-0.4, -0.2) is 49.9 Å². The van der Waals surface area contributed by atoms with E-state index in [-0.39, 0.29) is 6.09 Å². The molecule has 27 heavy (non-hydrogen) atoms. The van der Waals surface area contributed by atoms with Gasteiger partial charge in [-0.25, -0.2) is 4.79 Å². The molecule has 2 fully saturated rings. The molecule has 150 valence electrons. The first kappa shape index (κ1) is 19.8. The Kier molecular flexibility index (Phi) is 6.18. The van der Waals surface area contributed by atoms with Gasteiger partial charge in [0, 0.05) is 26.2 Å². The van der Waals surface area contributed by atoms with Crippen molar-refractivity contribution in [3.05, 3.63) is 24.3 Å². The number of piperidine rings is 2. The van der Waals surface area contributed by atoms with Crippen LogP contribution in [0.2, 0.25) is 0 Å². The molecule has 2 aliphatic heterocycles. The number of likely N-dealkylation sites (tertiary alicyclic amines) is 1. The van der Waals surface area contributed by atoms with Gasteiger partial charge in [0.1, 0.15) is 11.4 Å². The summed E-state index contributed by atoms with van der Waals surface area (Å²) in [5, 5.41) is 0. The van der Waals surface area contributed by atoms with Gasteiger partial charge in [0.15, 0.2) is 0 Å². The summed E-state index contributed by atoms with van der Waals surface area (Å²) in [6.45, 7) is 9.58. The minimum absolute atomic E-state index is 0.160. The zero-order chi connectivity index (χ0) is 19.4. The van der Waals surface area contributed by atoms with Crippen LogP contribution in [0.5, 0.6) is 5.75 Å². The maximum absolute atomic E-state index is 12.2. The number of anilines is 1. The number of benzene rings is 1. The highest BCUT2D eigenvalue weighted by Crippen LogP contribution is 2.36. The van der Waals surface area contributed by atoms with Crippen molar-refractivity contribution in [2.24, 2.45) is 11.8 Å². The largest absolute Gasteiger partial charge is 0.495 e. The van der Waals surface area contributed by atoms with Crippen molar-refractivity contribution in [1.29, 1.82) is 0 Å². The fourth-order valence-electron chi connectivity index (χ4n) is 4.38. The molecule has 2 aliphatic rings. The van der Waals surface area contributed by atoms with Crippen molar-refractivity contribution in [1.82, 2.24) is 4.90 Å². The first-order valence-electron chi connectivity index (χ1n) is 10.2. The molecule has 2 heterocycles. The number of para-hydroxylation sites is 2. The molecule has 0 aliphatic carbocycles. The highest BCUT2D eigenvalue weighted by Gasteiger charge is 2.32. The second-order valence-corrected chi connectivity index (χ2v) is 8.80. The molecule has 1 amide bonds. The normalized spacial score (nSPS) is 19.9. The third kappa shape index (κ3) is 5.08. The van der Waals surface area contributed by atoms with Gasteiger partial charge in [0.05, 0.1) is 12.8 Å². The van der Waals surface area contributed by atoms with Crippen LogP contribution in [0.1, 0.15) is 46.5 Å². The molecule has 0 N–H and O–H groups in total. The lowest BCUT2D eigenvalue weighted by Crippen LogP contribution is -2.44. The molecular formula is C22H34N2O3. The summed E-state index contributed by atoms with van der Waals surface area (Å²) in [6, 6.07) is 8.29. The van der Waals surface area contributed by atoms with Crippen LogP contribution in [-0.2, 0) is 4.74 Å². The number of methoxy groups -OCH3 is 1. The summed E-state index contributed by atoms with van der Waals surface area (Å²) in [6.07, 6.45) is 4.47. The molecule has 5 nitrogen and oxygen atoms in total. The zero-order valence-electron chi connectivity index (χ0n) is 17.2. The van der Waals surface area contributed by atoms with Crippen molar-refractivity contribution in [3.63, 3.8) is 0 Å². The number of rotatable bonds is 3. The van der Waals surface area contributed by atoms with Crippen molar-refractivity contribution in [3.8, 4) is 5.75 Å². The molecule has 0 radical (unpaired) electrons. The van der Waals surface area contributed by atoms with E-state index in [4.69, 9.17) is 9.47 Å². The molecule has 2 saturated heterocycles. The van der Waals surface area contributed by atoms with Crippen LogP contribution >= 0.6 is 0 Å². The first-order chi connectivity index (χ1) is 12.9. The Morgan fingerprint density at radius 2 is 1.52 bits per heavy atom. The number of ether oxygens (including phenoxy) is 2. The molecule has 5 heteroatoms. The van der Waals surface area contributed by atoms with Gasteiger partial charge < -0.3 is 19.3 Å². The highest BCUT2D eigenvalue weighted by atomic mass is 16.6. The smallest absolute Gasteiger partial charge is 0.410 e. The highest BCUT2D eigenvalue weighted by molar-refractivity contribution is 5.68. The van der Waals surface area contributed by atoms with Gasteiger partial charge in [0.25, 0.3) is 0 Å². The fourth-order valence-corrected chi connectivity index (χ4v) is 4.38. The molecule has 0 bridgehead atoms. The van der Waals surface area contributed by atoms with E-state index in [0.29, 0.717) is 0 Å². The van der Waals surface area contributed by atoms with Crippen LogP contribution in [0, 0.1) is 11.8 Å². The van der Waals surface area contributed by atoms with Gasteiger partial charge in [-0.2, -0.15) is 0 Å². The van der Waals surface area contributed by atoms with Crippen LogP contribution in [0.3, 0.4) is 0 Å². The van der Waals surface area contributed by atoms with Gasteiger partial charge in [-0.05, 0) is 70.4 Å². The molecule has 0 aromatic heterocycles. The van der Waals surface area contributed by atoms with E-state index >= 15 is 0 Å².